The zero-order chi connectivity index (χ0) is 26.9. The molecule has 0 aliphatic rings. The van der Waals surface area contributed by atoms with Gasteiger partial charge in [0, 0.05) is 31.9 Å². The van der Waals surface area contributed by atoms with E-state index >= 15 is 0 Å². The third kappa shape index (κ3) is 7.53. The second-order valence-electron chi connectivity index (χ2n) is 8.13. The summed E-state index contributed by atoms with van der Waals surface area (Å²) in [5.41, 5.74) is 2.80. The number of carbonyl (C=O) groups is 1. The Balaban J connectivity index is 1.39. The predicted molar refractivity (Wildman–Crippen MR) is 152 cm³/mol. The second-order valence-corrected chi connectivity index (χ2v) is 9.41. The van der Waals surface area contributed by atoms with Crippen LogP contribution in [0.25, 0.3) is 6.08 Å². The molecule has 0 bridgehead atoms. The average molecular weight is 564 g/mol. The summed E-state index contributed by atoms with van der Waals surface area (Å²) in [5.74, 6) is 0.601. The molecule has 0 aliphatic carbocycles. The lowest BCUT2D eigenvalue weighted by Gasteiger charge is -2.11. The molecule has 190 valence electrons. The van der Waals surface area contributed by atoms with Crippen LogP contribution < -0.4 is 14.8 Å². The second kappa shape index (κ2) is 13.0. The van der Waals surface area contributed by atoms with Gasteiger partial charge in [0.1, 0.15) is 36.4 Å². The third-order valence-electron chi connectivity index (χ3n) is 5.41. The van der Waals surface area contributed by atoms with Crippen LogP contribution >= 0.6 is 34.8 Å². The number of hydrogen-bond donors (Lipinski definition) is 1. The van der Waals surface area contributed by atoms with E-state index in [0.717, 1.165) is 11.1 Å². The normalized spacial score (nSPS) is 10.9. The molecule has 8 heteroatoms. The van der Waals surface area contributed by atoms with E-state index in [-0.39, 0.29) is 12.2 Å². The Morgan fingerprint density at radius 3 is 2.26 bits per heavy atom. The highest BCUT2D eigenvalue weighted by Crippen LogP contribution is 2.25. The van der Waals surface area contributed by atoms with Crippen molar-refractivity contribution in [3.63, 3.8) is 0 Å². The molecule has 1 N–H and O–H groups in total. The Bertz CT molecular complexity index is 1490. The van der Waals surface area contributed by atoms with Crippen molar-refractivity contribution in [2.45, 2.75) is 13.2 Å². The fourth-order valence-corrected chi connectivity index (χ4v) is 4.00. The van der Waals surface area contributed by atoms with Gasteiger partial charge in [-0.25, -0.2) is 0 Å². The maximum atomic E-state index is 12.8. The molecular formula is C30H21Cl3N2O3. The van der Waals surface area contributed by atoms with E-state index in [2.05, 4.69) is 5.32 Å². The molecule has 0 fully saturated rings. The van der Waals surface area contributed by atoms with Crippen LogP contribution in [-0.2, 0) is 18.0 Å². The Morgan fingerprint density at radius 1 is 0.842 bits per heavy atom. The molecule has 0 saturated carbocycles. The van der Waals surface area contributed by atoms with E-state index in [1.165, 1.54) is 6.08 Å². The molecule has 0 atom stereocenters. The summed E-state index contributed by atoms with van der Waals surface area (Å²) in [7, 11) is 0. The van der Waals surface area contributed by atoms with Crippen LogP contribution in [0, 0.1) is 11.3 Å². The summed E-state index contributed by atoms with van der Waals surface area (Å²) in [6.45, 7) is 0.581. The molecule has 0 radical (unpaired) electrons. The fraction of sp³-hybridized carbons (Fsp3) is 0.0667. The summed E-state index contributed by atoms with van der Waals surface area (Å²) in [5, 5.41) is 14.1. The number of nitrogens with zero attached hydrogens (tertiary/aromatic N) is 1. The van der Waals surface area contributed by atoms with Crippen molar-refractivity contribution in [2.24, 2.45) is 0 Å². The quantitative estimate of drug-likeness (QED) is 0.164. The molecular weight excluding hydrogens is 543 g/mol. The number of para-hydroxylation sites is 1. The van der Waals surface area contributed by atoms with Crippen molar-refractivity contribution in [1.82, 2.24) is 0 Å². The van der Waals surface area contributed by atoms with Gasteiger partial charge < -0.3 is 14.8 Å². The van der Waals surface area contributed by atoms with Gasteiger partial charge in [-0.3, -0.25) is 4.79 Å². The smallest absolute Gasteiger partial charge is 0.266 e. The lowest BCUT2D eigenvalue weighted by Crippen LogP contribution is -2.13. The molecule has 0 unspecified atom stereocenters. The first-order valence-electron chi connectivity index (χ1n) is 11.5. The predicted octanol–water partition coefficient (Wildman–Crippen LogP) is 8.35. The molecule has 38 heavy (non-hydrogen) atoms. The number of anilines is 1. The van der Waals surface area contributed by atoms with Crippen molar-refractivity contribution in [1.29, 1.82) is 5.26 Å². The number of nitrogens with one attached hydrogen (secondary N) is 1. The van der Waals surface area contributed by atoms with Crippen molar-refractivity contribution < 1.29 is 14.3 Å². The Hall–Kier alpha value is -3.95. The Labute approximate surface area is 235 Å². The zero-order valence-electron chi connectivity index (χ0n) is 20.0. The van der Waals surface area contributed by atoms with Crippen LogP contribution in [0.1, 0.15) is 16.7 Å². The molecule has 0 saturated heterocycles. The van der Waals surface area contributed by atoms with Crippen molar-refractivity contribution in [3.8, 4) is 17.6 Å². The molecule has 0 aromatic heterocycles. The maximum Gasteiger partial charge on any atom is 0.266 e. The number of rotatable bonds is 9. The minimum atomic E-state index is -0.540. The van der Waals surface area contributed by atoms with Gasteiger partial charge in [0.2, 0.25) is 0 Å². The van der Waals surface area contributed by atoms with Crippen LogP contribution in [-0.4, -0.2) is 5.91 Å². The van der Waals surface area contributed by atoms with Crippen LogP contribution in [0.15, 0.2) is 96.6 Å². The van der Waals surface area contributed by atoms with E-state index in [9.17, 15) is 10.1 Å². The Morgan fingerprint density at radius 2 is 1.55 bits per heavy atom. The number of hydrogen-bond acceptors (Lipinski definition) is 4. The monoisotopic (exact) mass is 562 g/mol. The highest BCUT2D eigenvalue weighted by Gasteiger charge is 2.12. The molecule has 4 aromatic rings. The van der Waals surface area contributed by atoms with E-state index < -0.39 is 5.91 Å². The minimum absolute atomic E-state index is 0.0646. The molecule has 4 aromatic carbocycles. The summed E-state index contributed by atoms with van der Waals surface area (Å²) in [6.07, 6.45) is 1.50. The first kappa shape index (κ1) is 27.1. The van der Waals surface area contributed by atoms with Crippen molar-refractivity contribution >= 4 is 52.5 Å². The number of ether oxygens (including phenoxy) is 2. The minimum Gasteiger partial charge on any atom is -0.489 e. The van der Waals surface area contributed by atoms with Gasteiger partial charge in [0.25, 0.3) is 5.91 Å². The molecule has 0 heterocycles. The van der Waals surface area contributed by atoms with Gasteiger partial charge in [0.05, 0.1) is 0 Å². The van der Waals surface area contributed by atoms with Crippen LogP contribution in [0.3, 0.4) is 0 Å². The van der Waals surface area contributed by atoms with E-state index in [0.29, 0.717) is 44.4 Å². The van der Waals surface area contributed by atoms with Gasteiger partial charge >= 0.3 is 0 Å². The summed E-state index contributed by atoms with van der Waals surface area (Å²) in [6, 6.07) is 28.5. The first-order chi connectivity index (χ1) is 18.4. The van der Waals surface area contributed by atoms with Crippen molar-refractivity contribution in [2.75, 3.05) is 5.32 Å². The topological polar surface area (TPSA) is 71.3 Å². The summed E-state index contributed by atoms with van der Waals surface area (Å²) in [4.78, 5) is 12.8. The maximum absolute atomic E-state index is 12.8. The van der Waals surface area contributed by atoms with Crippen LogP contribution in [0.2, 0.25) is 15.1 Å². The van der Waals surface area contributed by atoms with E-state index in [4.69, 9.17) is 44.3 Å². The summed E-state index contributed by atoms with van der Waals surface area (Å²) < 4.78 is 11.7. The standard InChI is InChI=1S/C30H21Cl3N2O3/c31-24-8-5-20(6-9-24)18-38-29-4-2-1-3-21(29)15-23(17-34)30(36)35-26-11-13-27(14-12-26)37-19-22-7-10-25(32)16-28(22)33/h1-16H,18-19H2,(H,35,36)/b23-15+. The third-order valence-corrected chi connectivity index (χ3v) is 6.25. The number of halogens is 3. The summed E-state index contributed by atoms with van der Waals surface area (Å²) >= 11 is 18.0. The first-order valence-corrected chi connectivity index (χ1v) is 12.6. The van der Waals surface area contributed by atoms with E-state index in [1.54, 1.807) is 66.7 Å². The SMILES string of the molecule is N#C/C(=C\c1ccccc1OCc1ccc(Cl)cc1)C(=O)Nc1ccc(OCc2ccc(Cl)cc2Cl)cc1. The number of nitriles is 1. The fourth-order valence-electron chi connectivity index (χ4n) is 3.41. The molecule has 0 spiro atoms. The molecule has 0 aliphatic heterocycles. The van der Waals surface area contributed by atoms with Gasteiger partial charge in [-0.05, 0) is 66.2 Å². The highest BCUT2D eigenvalue weighted by atomic mass is 35.5. The average Bonchev–Trinajstić information content (AvgIpc) is 2.92. The largest absolute Gasteiger partial charge is 0.489 e. The van der Waals surface area contributed by atoms with Crippen LogP contribution in [0.4, 0.5) is 5.69 Å². The molecule has 4 rings (SSSR count). The highest BCUT2D eigenvalue weighted by molar-refractivity contribution is 6.35. The Kier molecular flexibility index (Phi) is 9.29. The lowest BCUT2D eigenvalue weighted by molar-refractivity contribution is -0.112. The number of benzene rings is 4. The van der Waals surface area contributed by atoms with Gasteiger partial charge in [0.15, 0.2) is 0 Å². The van der Waals surface area contributed by atoms with Gasteiger partial charge in [-0.2, -0.15) is 5.26 Å². The van der Waals surface area contributed by atoms with Gasteiger partial charge in [-0.15, -0.1) is 0 Å². The molecule has 5 nitrogen and oxygen atoms in total. The molecule has 1 amide bonds. The van der Waals surface area contributed by atoms with Gasteiger partial charge in [-0.1, -0.05) is 71.2 Å². The zero-order valence-corrected chi connectivity index (χ0v) is 22.2. The van der Waals surface area contributed by atoms with E-state index in [1.807, 2.05) is 30.3 Å². The van der Waals surface area contributed by atoms with Crippen LogP contribution in [0.5, 0.6) is 11.5 Å². The number of amides is 1. The number of carbonyl (C=O) groups excluding carboxylic acids is 1. The van der Waals surface area contributed by atoms with Crippen molar-refractivity contribution in [3.05, 3.63) is 128 Å². The lowest BCUT2D eigenvalue weighted by atomic mass is 10.1.